The zero-order valence-corrected chi connectivity index (χ0v) is 14.4. The summed E-state index contributed by atoms with van der Waals surface area (Å²) in [6.07, 6.45) is 3.23. The number of carbonyl (C=O) groups is 1. The number of benzene rings is 1. The van der Waals surface area contributed by atoms with Gasteiger partial charge in [0, 0.05) is 11.1 Å². The standard InChI is InChI=1S/C18H17N3O3S/c1-23-17-10-13(11-20-21-18(22)15-5-2-8-19-15)6-7-16(17)24-12-14-4-3-9-25-14/h2-11,19H,12H2,1H3,(H,21,22)/b20-11-. The van der Waals surface area contributed by atoms with E-state index in [-0.39, 0.29) is 5.91 Å². The van der Waals surface area contributed by atoms with Crippen LogP contribution in [0.3, 0.4) is 0 Å². The molecule has 128 valence electrons. The normalized spacial score (nSPS) is 10.8. The van der Waals surface area contributed by atoms with Crippen LogP contribution >= 0.6 is 11.3 Å². The molecule has 3 rings (SSSR count). The number of aromatic nitrogens is 1. The molecule has 0 fully saturated rings. The molecular formula is C18H17N3O3S. The van der Waals surface area contributed by atoms with Crippen molar-refractivity contribution in [3.8, 4) is 11.5 Å². The Bertz CT molecular complexity index is 843. The predicted molar refractivity (Wildman–Crippen MR) is 97.5 cm³/mol. The quantitative estimate of drug-likeness (QED) is 0.504. The van der Waals surface area contributed by atoms with Crippen molar-refractivity contribution < 1.29 is 14.3 Å². The number of amides is 1. The molecule has 0 aliphatic carbocycles. The SMILES string of the molecule is COc1cc(/C=N\NC(=O)c2ccc[nH]2)ccc1OCc1cccs1. The Labute approximate surface area is 149 Å². The molecule has 2 aromatic heterocycles. The molecule has 6 nitrogen and oxygen atoms in total. The first-order chi connectivity index (χ1) is 12.3. The Kier molecular flexibility index (Phi) is 5.48. The molecule has 2 N–H and O–H groups in total. The molecule has 0 atom stereocenters. The number of nitrogens with one attached hydrogen (secondary N) is 2. The molecule has 0 bridgehead atoms. The molecule has 0 radical (unpaired) electrons. The summed E-state index contributed by atoms with van der Waals surface area (Å²) in [5.41, 5.74) is 3.69. The van der Waals surface area contributed by atoms with Gasteiger partial charge in [-0.05, 0) is 47.3 Å². The molecule has 7 heteroatoms. The van der Waals surface area contributed by atoms with Gasteiger partial charge in [-0.25, -0.2) is 5.43 Å². The number of hydrogen-bond donors (Lipinski definition) is 2. The average molecular weight is 355 g/mol. The van der Waals surface area contributed by atoms with E-state index in [1.165, 1.54) is 0 Å². The fourth-order valence-corrected chi connectivity index (χ4v) is 2.74. The lowest BCUT2D eigenvalue weighted by atomic mass is 10.2. The fourth-order valence-electron chi connectivity index (χ4n) is 2.12. The van der Waals surface area contributed by atoms with Crippen LogP contribution in [0, 0.1) is 0 Å². The van der Waals surface area contributed by atoms with Gasteiger partial charge in [0.25, 0.3) is 5.91 Å². The van der Waals surface area contributed by atoms with Crippen molar-refractivity contribution in [3.05, 3.63) is 70.2 Å². The lowest BCUT2D eigenvalue weighted by Gasteiger charge is -2.10. The summed E-state index contributed by atoms with van der Waals surface area (Å²) in [6, 6.07) is 12.9. The second kappa shape index (κ2) is 8.16. The summed E-state index contributed by atoms with van der Waals surface area (Å²) < 4.78 is 11.2. The fraction of sp³-hybridized carbons (Fsp3) is 0.111. The number of methoxy groups -OCH3 is 1. The smallest absolute Gasteiger partial charge is 0.287 e. The van der Waals surface area contributed by atoms with Gasteiger partial charge in [-0.2, -0.15) is 5.10 Å². The lowest BCUT2D eigenvalue weighted by molar-refractivity contribution is 0.0951. The molecule has 25 heavy (non-hydrogen) atoms. The minimum Gasteiger partial charge on any atom is -0.493 e. The van der Waals surface area contributed by atoms with Crippen LogP contribution in [-0.2, 0) is 6.61 Å². The summed E-state index contributed by atoms with van der Waals surface area (Å²) >= 11 is 1.64. The van der Waals surface area contributed by atoms with Gasteiger partial charge in [0.2, 0.25) is 0 Å². The second-order valence-corrected chi connectivity index (χ2v) is 6.09. The van der Waals surface area contributed by atoms with E-state index in [0.29, 0.717) is 23.8 Å². The van der Waals surface area contributed by atoms with E-state index in [9.17, 15) is 4.79 Å². The number of thiophene rings is 1. The largest absolute Gasteiger partial charge is 0.493 e. The monoisotopic (exact) mass is 355 g/mol. The summed E-state index contributed by atoms with van der Waals surface area (Å²) in [5, 5.41) is 5.96. The highest BCUT2D eigenvalue weighted by molar-refractivity contribution is 7.09. The highest BCUT2D eigenvalue weighted by Crippen LogP contribution is 2.28. The molecular weight excluding hydrogens is 338 g/mol. The van der Waals surface area contributed by atoms with Crippen LogP contribution in [0.2, 0.25) is 0 Å². The van der Waals surface area contributed by atoms with Gasteiger partial charge < -0.3 is 14.5 Å². The molecule has 1 aromatic carbocycles. The summed E-state index contributed by atoms with van der Waals surface area (Å²) in [4.78, 5) is 15.7. The van der Waals surface area contributed by atoms with Crippen LogP contribution in [-0.4, -0.2) is 24.2 Å². The van der Waals surface area contributed by atoms with Gasteiger partial charge in [-0.15, -0.1) is 11.3 Å². The van der Waals surface area contributed by atoms with Crippen LogP contribution in [0.5, 0.6) is 11.5 Å². The maximum absolute atomic E-state index is 11.8. The summed E-state index contributed by atoms with van der Waals surface area (Å²) in [5.74, 6) is 0.962. The van der Waals surface area contributed by atoms with E-state index < -0.39 is 0 Å². The van der Waals surface area contributed by atoms with Crippen molar-refractivity contribution in [3.63, 3.8) is 0 Å². The zero-order chi connectivity index (χ0) is 17.5. The lowest BCUT2D eigenvalue weighted by Crippen LogP contribution is -2.17. The topological polar surface area (TPSA) is 75.7 Å². The van der Waals surface area contributed by atoms with E-state index in [4.69, 9.17) is 9.47 Å². The van der Waals surface area contributed by atoms with Gasteiger partial charge in [-0.3, -0.25) is 4.79 Å². The minimum absolute atomic E-state index is 0.302. The van der Waals surface area contributed by atoms with E-state index in [2.05, 4.69) is 15.5 Å². The van der Waals surface area contributed by atoms with Crippen molar-refractivity contribution in [1.29, 1.82) is 0 Å². The molecule has 0 spiro atoms. The number of hydrazone groups is 1. The van der Waals surface area contributed by atoms with E-state index in [0.717, 1.165) is 10.4 Å². The van der Waals surface area contributed by atoms with Crippen LogP contribution in [0.15, 0.2) is 59.1 Å². The van der Waals surface area contributed by atoms with Gasteiger partial charge in [0.15, 0.2) is 11.5 Å². The Balaban J connectivity index is 1.62. The second-order valence-electron chi connectivity index (χ2n) is 5.06. The average Bonchev–Trinajstić information content (AvgIpc) is 3.34. The van der Waals surface area contributed by atoms with E-state index in [1.807, 2.05) is 29.6 Å². The number of hydrogen-bond acceptors (Lipinski definition) is 5. The number of rotatable bonds is 7. The van der Waals surface area contributed by atoms with Crippen molar-refractivity contribution >= 4 is 23.5 Å². The summed E-state index contributed by atoms with van der Waals surface area (Å²) in [6.45, 7) is 0.494. The Morgan fingerprint density at radius 2 is 2.20 bits per heavy atom. The first kappa shape index (κ1) is 16.8. The molecule has 0 saturated heterocycles. The highest BCUT2D eigenvalue weighted by atomic mass is 32.1. The molecule has 1 amide bonds. The maximum Gasteiger partial charge on any atom is 0.287 e. The Hall–Kier alpha value is -3.06. The Morgan fingerprint density at radius 1 is 1.28 bits per heavy atom. The third kappa shape index (κ3) is 4.48. The minimum atomic E-state index is -0.302. The van der Waals surface area contributed by atoms with Crippen LogP contribution in [0.1, 0.15) is 20.9 Å². The van der Waals surface area contributed by atoms with Crippen LogP contribution < -0.4 is 14.9 Å². The first-order valence-electron chi connectivity index (χ1n) is 7.56. The number of carbonyl (C=O) groups excluding carboxylic acids is 1. The Morgan fingerprint density at radius 3 is 2.92 bits per heavy atom. The third-order valence-electron chi connectivity index (χ3n) is 3.36. The summed E-state index contributed by atoms with van der Waals surface area (Å²) in [7, 11) is 1.58. The van der Waals surface area contributed by atoms with Gasteiger partial charge >= 0.3 is 0 Å². The molecule has 0 unspecified atom stereocenters. The van der Waals surface area contributed by atoms with E-state index in [1.54, 1.807) is 49.1 Å². The number of ether oxygens (including phenoxy) is 2. The van der Waals surface area contributed by atoms with E-state index >= 15 is 0 Å². The van der Waals surface area contributed by atoms with Crippen molar-refractivity contribution in [2.75, 3.05) is 7.11 Å². The highest BCUT2D eigenvalue weighted by Gasteiger charge is 2.07. The van der Waals surface area contributed by atoms with Crippen molar-refractivity contribution in [1.82, 2.24) is 10.4 Å². The molecule has 0 aliphatic rings. The van der Waals surface area contributed by atoms with Crippen molar-refractivity contribution in [2.45, 2.75) is 6.61 Å². The predicted octanol–water partition coefficient (Wildman–Crippen LogP) is 3.43. The number of nitrogens with zero attached hydrogens (tertiary/aromatic N) is 1. The zero-order valence-electron chi connectivity index (χ0n) is 13.6. The molecule has 2 heterocycles. The third-order valence-corrected chi connectivity index (χ3v) is 4.21. The van der Waals surface area contributed by atoms with Crippen molar-refractivity contribution in [2.24, 2.45) is 5.10 Å². The van der Waals surface area contributed by atoms with Gasteiger partial charge in [0.1, 0.15) is 12.3 Å². The molecule has 3 aromatic rings. The molecule has 0 aliphatic heterocycles. The van der Waals surface area contributed by atoms with Crippen LogP contribution in [0.25, 0.3) is 0 Å². The van der Waals surface area contributed by atoms with Crippen LogP contribution in [0.4, 0.5) is 0 Å². The number of H-pyrrole nitrogens is 1. The first-order valence-corrected chi connectivity index (χ1v) is 8.44. The van der Waals surface area contributed by atoms with Gasteiger partial charge in [-0.1, -0.05) is 6.07 Å². The van der Waals surface area contributed by atoms with Gasteiger partial charge in [0.05, 0.1) is 13.3 Å². The number of aromatic amines is 1. The molecule has 0 saturated carbocycles. The maximum atomic E-state index is 11.8.